The van der Waals surface area contributed by atoms with Gasteiger partial charge in [0.05, 0.1) is 45.5 Å². The third kappa shape index (κ3) is 3.42. The van der Waals surface area contributed by atoms with Crippen LogP contribution in [0.25, 0.3) is 15.3 Å². The number of hydrogen-bond acceptors (Lipinski definition) is 7. The summed E-state index contributed by atoms with van der Waals surface area (Å²) >= 11 is 1.34. The fraction of sp³-hybridized carbons (Fsp3) is 0.0588. The molecule has 4 heterocycles. The Morgan fingerprint density at radius 3 is 2.93 bits per heavy atom. The van der Waals surface area contributed by atoms with E-state index in [1.807, 2.05) is 0 Å². The summed E-state index contributed by atoms with van der Waals surface area (Å²) in [7, 11) is 0. The number of fused-ring (bicyclic) bond motifs is 1. The molecule has 0 saturated heterocycles. The molecule has 4 N–H and O–H groups in total. The summed E-state index contributed by atoms with van der Waals surface area (Å²) in [5.74, 6) is -0.372. The maximum atomic E-state index is 12.7. The van der Waals surface area contributed by atoms with Crippen LogP contribution in [0.4, 0.5) is 11.4 Å². The number of rotatable bonds is 3. The van der Waals surface area contributed by atoms with Gasteiger partial charge in [-0.2, -0.15) is 5.10 Å². The zero-order chi connectivity index (χ0) is 18.3. The van der Waals surface area contributed by atoms with E-state index < -0.39 is 0 Å². The average Bonchev–Trinajstić information content (AvgIpc) is 3.19. The van der Waals surface area contributed by atoms with Gasteiger partial charge in [-0.25, -0.2) is 9.50 Å². The van der Waals surface area contributed by atoms with Crippen LogP contribution in [0, 0.1) is 6.92 Å². The van der Waals surface area contributed by atoms with E-state index in [1.54, 1.807) is 35.8 Å². The minimum absolute atomic E-state index is 0. The first kappa shape index (κ1) is 18.6. The van der Waals surface area contributed by atoms with Crippen LogP contribution in [0.3, 0.4) is 0 Å². The van der Waals surface area contributed by atoms with Gasteiger partial charge >= 0.3 is 0 Å². The second-order valence-electron chi connectivity index (χ2n) is 5.63. The molecule has 4 aromatic heterocycles. The molecule has 0 aliphatic heterocycles. The number of carbonyl (C=O) groups is 1. The molecule has 0 bridgehead atoms. The van der Waals surface area contributed by atoms with Crippen LogP contribution in [0.2, 0.25) is 0 Å². The lowest BCUT2D eigenvalue weighted by Crippen LogP contribution is -2.13. The third-order valence-electron chi connectivity index (χ3n) is 3.85. The van der Waals surface area contributed by atoms with E-state index in [1.165, 1.54) is 29.9 Å². The molecule has 1 amide bonds. The zero-order valence-corrected chi connectivity index (χ0v) is 15.7. The highest BCUT2D eigenvalue weighted by molar-refractivity contribution is 7.21. The summed E-state index contributed by atoms with van der Waals surface area (Å²) in [4.78, 5) is 22.1. The van der Waals surface area contributed by atoms with Gasteiger partial charge in [-0.1, -0.05) is 0 Å². The third-order valence-corrected chi connectivity index (χ3v) is 4.99. The predicted octanol–water partition coefficient (Wildman–Crippen LogP) is 3.12. The van der Waals surface area contributed by atoms with Gasteiger partial charge in [0.15, 0.2) is 0 Å². The van der Waals surface area contributed by atoms with Crippen molar-refractivity contribution in [3.8, 4) is 16.3 Å². The lowest BCUT2D eigenvalue weighted by molar-refractivity contribution is 0.102. The number of nitrogens with two attached hydrogens (primary N) is 1. The highest BCUT2D eigenvalue weighted by Gasteiger charge is 2.18. The van der Waals surface area contributed by atoms with Crippen LogP contribution in [0.5, 0.6) is 5.88 Å². The topological polar surface area (TPSA) is 118 Å². The molecule has 4 aromatic rings. The van der Waals surface area contributed by atoms with Gasteiger partial charge in [0.2, 0.25) is 5.88 Å². The predicted molar refractivity (Wildman–Crippen MR) is 107 cm³/mol. The normalized spacial score (nSPS) is 10.6. The number of nitrogen functional groups attached to an aromatic ring is 1. The Kier molecular flexibility index (Phi) is 4.98. The lowest BCUT2D eigenvalue weighted by atomic mass is 10.2. The molecule has 0 fully saturated rings. The van der Waals surface area contributed by atoms with E-state index in [0.29, 0.717) is 33.0 Å². The van der Waals surface area contributed by atoms with Crippen molar-refractivity contribution in [3.05, 3.63) is 54.2 Å². The fourth-order valence-corrected chi connectivity index (χ4v) is 3.60. The van der Waals surface area contributed by atoms with Gasteiger partial charge in [-0.15, -0.1) is 23.7 Å². The molecule has 138 valence electrons. The molecular weight excluding hydrogens is 388 g/mol. The molecule has 0 aromatic carbocycles. The standard InChI is InChI=1S/C17H14N6O2S.ClH/c1-9-13(5-10(18)6-20-9)22-16(25)12-7-21-23-8-14(26-17(12)23)11-3-2-4-19-15(11)24;/h2-8H,18H2,1H3,(H,19,24)(H,22,25);1H. The highest BCUT2D eigenvalue weighted by atomic mass is 35.5. The summed E-state index contributed by atoms with van der Waals surface area (Å²) in [6, 6.07) is 5.16. The maximum Gasteiger partial charge on any atom is 0.260 e. The van der Waals surface area contributed by atoms with Gasteiger partial charge in [0.1, 0.15) is 4.83 Å². The van der Waals surface area contributed by atoms with Crippen molar-refractivity contribution in [1.82, 2.24) is 19.6 Å². The van der Waals surface area contributed by atoms with Gasteiger partial charge in [-0.3, -0.25) is 9.78 Å². The second kappa shape index (κ2) is 7.22. The van der Waals surface area contributed by atoms with Gasteiger partial charge in [-0.05, 0) is 25.1 Å². The molecule has 0 radical (unpaired) electrons. The number of nitrogens with one attached hydrogen (secondary N) is 1. The van der Waals surface area contributed by atoms with Crippen molar-refractivity contribution in [2.24, 2.45) is 0 Å². The number of amides is 1. The van der Waals surface area contributed by atoms with Crippen molar-refractivity contribution in [2.75, 3.05) is 11.1 Å². The van der Waals surface area contributed by atoms with Gasteiger partial charge in [0.25, 0.3) is 5.91 Å². The molecule has 10 heteroatoms. The molecule has 0 unspecified atom stereocenters. The Labute approximate surface area is 164 Å². The Morgan fingerprint density at radius 1 is 1.33 bits per heavy atom. The average molecular weight is 403 g/mol. The van der Waals surface area contributed by atoms with Crippen molar-refractivity contribution >= 4 is 45.9 Å². The number of aromatic hydroxyl groups is 1. The molecular formula is C17H15ClN6O2S. The number of halogens is 1. The van der Waals surface area contributed by atoms with E-state index in [2.05, 4.69) is 20.4 Å². The molecule has 0 saturated carbocycles. The summed E-state index contributed by atoms with van der Waals surface area (Å²) in [6.07, 6.45) is 6.30. The number of aromatic nitrogens is 4. The summed E-state index contributed by atoms with van der Waals surface area (Å²) < 4.78 is 1.60. The van der Waals surface area contributed by atoms with Crippen LogP contribution in [-0.2, 0) is 0 Å². The number of thiazole rings is 1. The molecule has 27 heavy (non-hydrogen) atoms. The van der Waals surface area contributed by atoms with Crippen LogP contribution < -0.4 is 11.1 Å². The smallest absolute Gasteiger partial charge is 0.260 e. The Balaban J connectivity index is 0.00000210. The number of hydrogen-bond donors (Lipinski definition) is 3. The highest BCUT2D eigenvalue weighted by Crippen LogP contribution is 2.34. The van der Waals surface area contributed by atoms with E-state index in [4.69, 9.17) is 5.73 Å². The number of anilines is 2. The molecule has 0 aliphatic rings. The monoisotopic (exact) mass is 402 g/mol. The number of nitrogens with zero attached hydrogens (tertiary/aromatic N) is 4. The quantitative estimate of drug-likeness (QED) is 0.484. The van der Waals surface area contributed by atoms with Crippen LogP contribution in [0.1, 0.15) is 16.1 Å². The second-order valence-corrected chi connectivity index (χ2v) is 6.66. The van der Waals surface area contributed by atoms with E-state index >= 15 is 0 Å². The van der Waals surface area contributed by atoms with Gasteiger partial charge < -0.3 is 16.2 Å². The number of carbonyl (C=O) groups excluding carboxylic acids is 1. The van der Waals surface area contributed by atoms with E-state index in [-0.39, 0.29) is 24.2 Å². The Hall–Kier alpha value is -3.17. The lowest BCUT2D eigenvalue weighted by Gasteiger charge is -2.07. The van der Waals surface area contributed by atoms with Crippen molar-refractivity contribution in [3.63, 3.8) is 0 Å². The molecule has 0 aliphatic carbocycles. The first-order valence-electron chi connectivity index (χ1n) is 7.68. The van der Waals surface area contributed by atoms with Crippen molar-refractivity contribution < 1.29 is 9.90 Å². The van der Waals surface area contributed by atoms with E-state index in [0.717, 1.165) is 4.88 Å². The summed E-state index contributed by atoms with van der Waals surface area (Å²) in [6.45, 7) is 1.79. The molecule has 0 spiro atoms. The fourth-order valence-electron chi connectivity index (χ4n) is 2.52. The summed E-state index contributed by atoms with van der Waals surface area (Å²) in [5, 5.41) is 17.0. The Morgan fingerprint density at radius 2 is 2.15 bits per heavy atom. The Bertz CT molecular complexity index is 1140. The minimum Gasteiger partial charge on any atom is -0.493 e. The largest absolute Gasteiger partial charge is 0.493 e. The first-order valence-corrected chi connectivity index (χ1v) is 8.49. The van der Waals surface area contributed by atoms with Gasteiger partial charge in [0, 0.05) is 12.4 Å². The van der Waals surface area contributed by atoms with Crippen molar-refractivity contribution in [2.45, 2.75) is 6.92 Å². The van der Waals surface area contributed by atoms with Crippen LogP contribution in [-0.4, -0.2) is 30.6 Å². The molecule has 8 nitrogen and oxygen atoms in total. The SMILES string of the molecule is Cc1ncc(N)cc1NC(=O)c1cnn2cc(-c3cccnc3O)sc12.Cl. The summed E-state index contributed by atoms with van der Waals surface area (Å²) in [5.41, 5.74) is 8.44. The minimum atomic E-state index is -0.306. The van der Waals surface area contributed by atoms with Crippen molar-refractivity contribution in [1.29, 1.82) is 0 Å². The maximum absolute atomic E-state index is 12.7. The van der Waals surface area contributed by atoms with Crippen LogP contribution >= 0.6 is 23.7 Å². The first-order chi connectivity index (χ1) is 12.5. The number of aryl methyl sites for hydroxylation is 1. The molecule has 0 atom stereocenters. The van der Waals surface area contributed by atoms with E-state index in [9.17, 15) is 9.90 Å². The van der Waals surface area contributed by atoms with Crippen LogP contribution in [0.15, 0.2) is 43.0 Å². The zero-order valence-electron chi connectivity index (χ0n) is 14.1. The molecule has 4 rings (SSSR count). The number of pyridine rings is 2.